The van der Waals surface area contributed by atoms with Crippen LogP contribution in [0.15, 0.2) is 6.33 Å². The van der Waals surface area contributed by atoms with Gasteiger partial charge in [0.1, 0.15) is 6.33 Å². The smallest absolute Gasteiger partial charge is 0.280 e. The molecule has 1 N–H and O–H groups in total. The number of nitrogens with zero attached hydrogens (tertiary/aromatic N) is 4. The molecule has 0 radical (unpaired) electrons. The molecule has 2 heterocycles. The molecule has 1 aromatic heterocycles. The van der Waals surface area contributed by atoms with Gasteiger partial charge in [0.25, 0.3) is 10.2 Å². The molecule has 1 fully saturated rings. The van der Waals surface area contributed by atoms with E-state index in [1.54, 1.807) is 17.6 Å². The van der Waals surface area contributed by atoms with Gasteiger partial charge in [0.15, 0.2) is 5.82 Å². The third-order valence-corrected chi connectivity index (χ3v) is 5.47. The molecule has 0 aliphatic carbocycles. The van der Waals surface area contributed by atoms with Crippen LogP contribution in [0.5, 0.6) is 0 Å². The molecule has 1 saturated heterocycles. The topological polar surface area (TPSA) is 80.1 Å². The summed E-state index contributed by atoms with van der Waals surface area (Å²) in [7, 11) is -3.47. The summed E-state index contributed by atoms with van der Waals surface area (Å²) in [5.74, 6) is 0.642. The Hall–Kier alpha value is -0.990. The van der Waals surface area contributed by atoms with Gasteiger partial charge in [-0.25, -0.2) is 0 Å². The van der Waals surface area contributed by atoms with Gasteiger partial charge in [-0.3, -0.25) is 0 Å². The molecule has 0 saturated carbocycles. The molecule has 2 rings (SSSR count). The summed E-state index contributed by atoms with van der Waals surface area (Å²) in [5.41, 5.74) is 0. The van der Waals surface area contributed by atoms with Crippen LogP contribution in [0.4, 0.5) is 0 Å². The SMILES string of the molecule is CC(C)n1cnnc1[C@@H](C)NS(=O)(=O)N1CCCCCC1. The second kappa shape index (κ2) is 6.85. The standard InChI is InChI=1S/C13H25N5O2S/c1-11(2)18-10-14-15-13(18)12(3)16-21(19,20)17-8-6-4-5-7-9-17/h10-12,16H,4-9H2,1-3H3/t12-/m1/s1. The zero-order valence-corrected chi connectivity index (χ0v) is 13.8. The maximum Gasteiger partial charge on any atom is 0.280 e. The normalized spacial score (nSPS) is 19.6. The van der Waals surface area contributed by atoms with E-state index < -0.39 is 16.3 Å². The van der Waals surface area contributed by atoms with Crippen LogP contribution in [-0.4, -0.2) is 40.6 Å². The summed E-state index contributed by atoms with van der Waals surface area (Å²) in [6.07, 6.45) is 5.69. The monoisotopic (exact) mass is 315 g/mol. The first kappa shape index (κ1) is 16.4. The van der Waals surface area contributed by atoms with Crippen molar-refractivity contribution in [3.8, 4) is 0 Å². The first-order chi connectivity index (χ1) is 9.92. The molecular weight excluding hydrogens is 290 g/mol. The predicted molar refractivity (Wildman–Crippen MR) is 80.9 cm³/mol. The van der Waals surface area contributed by atoms with E-state index in [0.29, 0.717) is 18.9 Å². The number of hydrogen-bond donors (Lipinski definition) is 1. The fourth-order valence-corrected chi connectivity index (χ4v) is 4.03. The van der Waals surface area contributed by atoms with Crippen molar-refractivity contribution in [3.05, 3.63) is 12.2 Å². The second-order valence-electron chi connectivity index (χ2n) is 5.85. The molecule has 21 heavy (non-hydrogen) atoms. The molecule has 1 aromatic rings. The van der Waals surface area contributed by atoms with E-state index in [1.807, 2.05) is 18.4 Å². The number of aromatic nitrogens is 3. The maximum absolute atomic E-state index is 12.5. The van der Waals surface area contributed by atoms with Gasteiger partial charge >= 0.3 is 0 Å². The fraction of sp³-hybridized carbons (Fsp3) is 0.846. The van der Waals surface area contributed by atoms with Gasteiger partial charge in [-0.15, -0.1) is 10.2 Å². The van der Waals surface area contributed by atoms with Crippen LogP contribution in [0.25, 0.3) is 0 Å². The zero-order chi connectivity index (χ0) is 15.5. The molecule has 7 nitrogen and oxygen atoms in total. The lowest BCUT2D eigenvalue weighted by Gasteiger charge is -2.23. The average Bonchev–Trinajstić information content (AvgIpc) is 2.73. The lowest BCUT2D eigenvalue weighted by Crippen LogP contribution is -2.42. The Morgan fingerprint density at radius 2 is 1.76 bits per heavy atom. The Balaban J connectivity index is 2.10. The van der Waals surface area contributed by atoms with E-state index in [9.17, 15) is 8.42 Å². The number of rotatable bonds is 5. The highest BCUT2D eigenvalue weighted by Gasteiger charge is 2.27. The maximum atomic E-state index is 12.5. The van der Waals surface area contributed by atoms with Gasteiger partial charge in [0.05, 0.1) is 6.04 Å². The molecule has 0 aromatic carbocycles. The van der Waals surface area contributed by atoms with Crippen LogP contribution in [0.2, 0.25) is 0 Å². The number of nitrogens with one attached hydrogen (secondary N) is 1. The summed E-state index contributed by atoms with van der Waals surface area (Å²) in [6, 6.07) is -0.205. The van der Waals surface area contributed by atoms with E-state index >= 15 is 0 Å². The summed E-state index contributed by atoms with van der Waals surface area (Å²) < 4.78 is 31.1. The fourth-order valence-electron chi connectivity index (χ4n) is 2.59. The Bertz CT molecular complexity index is 547. The summed E-state index contributed by atoms with van der Waals surface area (Å²) >= 11 is 0. The van der Waals surface area contributed by atoms with Gasteiger partial charge in [-0.1, -0.05) is 12.8 Å². The summed E-state index contributed by atoms with van der Waals surface area (Å²) in [4.78, 5) is 0. The lowest BCUT2D eigenvalue weighted by atomic mass is 10.2. The lowest BCUT2D eigenvalue weighted by molar-refractivity contribution is 0.406. The quantitative estimate of drug-likeness (QED) is 0.895. The molecule has 0 amide bonds. The number of hydrogen-bond acceptors (Lipinski definition) is 4. The Labute approximate surface area is 126 Å². The van der Waals surface area contributed by atoms with E-state index in [4.69, 9.17) is 0 Å². The first-order valence-electron chi connectivity index (χ1n) is 7.58. The third-order valence-electron chi connectivity index (χ3n) is 3.78. The minimum Gasteiger partial charge on any atom is -0.314 e. The van der Waals surface area contributed by atoms with Crippen LogP contribution in [-0.2, 0) is 10.2 Å². The summed E-state index contributed by atoms with van der Waals surface area (Å²) in [6.45, 7) is 7.03. The van der Waals surface area contributed by atoms with E-state index in [1.165, 1.54) is 0 Å². The van der Waals surface area contributed by atoms with Gasteiger partial charge in [0.2, 0.25) is 0 Å². The van der Waals surface area contributed by atoms with Gasteiger partial charge in [-0.05, 0) is 33.6 Å². The molecule has 0 spiro atoms. The van der Waals surface area contributed by atoms with Gasteiger partial charge in [-0.2, -0.15) is 17.4 Å². The van der Waals surface area contributed by atoms with Crippen molar-refractivity contribution in [2.24, 2.45) is 0 Å². The van der Waals surface area contributed by atoms with Crippen LogP contribution in [0, 0.1) is 0 Å². The molecule has 0 unspecified atom stereocenters. The van der Waals surface area contributed by atoms with Crippen molar-refractivity contribution in [3.63, 3.8) is 0 Å². The van der Waals surface area contributed by atoms with Gasteiger partial charge in [0, 0.05) is 19.1 Å². The second-order valence-corrected chi connectivity index (χ2v) is 7.55. The minimum absolute atomic E-state index is 0.195. The van der Waals surface area contributed by atoms with Crippen molar-refractivity contribution < 1.29 is 8.42 Å². The summed E-state index contributed by atoms with van der Waals surface area (Å²) in [5, 5.41) is 7.94. The van der Waals surface area contributed by atoms with E-state index in [0.717, 1.165) is 25.7 Å². The van der Waals surface area contributed by atoms with Crippen LogP contribution in [0.1, 0.15) is 64.4 Å². The van der Waals surface area contributed by atoms with E-state index in [2.05, 4.69) is 14.9 Å². The van der Waals surface area contributed by atoms with Crippen molar-refractivity contribution in [1.82, 2.24) is 23.8 Å². The molecule has 1 aliphatic rings. The highest BCUT2D eigenvalue weighted by atomic mass is 32.2. The highest BCUT2D eigenvalue weighted by Crippen LogP contribution is 2.18. The predicted octanol–water partition coefficient (Wildman–Crippen LogP) is 1.63. The first-order valence-corrected chi connectivity index (χ1v) is 9.02. The van der Waals surface area contributed by atoms with Crippen molar-refractivity contribution >= 4 is 10.2 Å². The molecule has 0 bridgehead atoms. The third kappa shape index (κ3) is 4.02. The van der Waals surface area contributed by atoms with Crippen LogP contribution >= 0.6 is 0 Å². The molecule has 120 valence electrons. The molecule has 1 aliphatic heterocycles. The van der Waals surface area contributed by atoms with Crippen molar-refractivity contribution in [2.45, 2.75) is 58.5 Å². The zero-order valence-electron chi connectivity index (χ0n) is 13.0. The largest absolute Gasteiger partial charge is 0.314 e. The van der Waals surface area contributed by atoms with Crippen LogP contribution in [0.3, 0.4) is 0 Å². The van der Waals surface area contributed by atoms with Gasteiger partial charge < -0.3 is 4.57 Å². The Morgan fingerprint density at radius 3 is 2.33 bits per heavy atom. The van der Waals surface area contributed by atoms with E-state index in [-0.39, 0.29) is 6.04 Å². The molecule has 1 atom stereocenters. The highest BCUT2D eigenvalue weighted by molar-refractivity contribution is 7.87. The minimum atomic E-state index is -3.47. The average molecular weight is 315 g/mol. The van der Waals surface area contributed by atoms with Crippen molar-refractivity contribution in [1.29, 1.82) is 0 Å². The Kier molecular flexibility index (Phi) is 5.34. The Morgan fingerprint density at radius 1 is 1.14 bits per heavy atom. The molecule has 8 heteroatoms. The molecular formula is C13H25N5O2S. The van der Waals surface area contributed by atoms with Crippen molar-refractivity contribution in [2.75, 3.05) is 13.1 Å². The van der Waals surface area contributed by atoms with Crippen LogP contribution < -0.4 is 4.72 Å².